The molecule has 0 aromatic rings. The molecular weight excluding hydrogens is 132 g/mol. The van der Waals surface area contributed by atoms with Crippen molar-refractivity contribution >= 4 is 0 Å². The van der Waals surface area contributed by atoms with E-state index in [1.807, 2.05) is 13.8 Å². The normalized spacial score (nSPS) is 28.4. The summed E-state index contributed by atoms with van der Waals surface area (Å²) in [4.78, 5) is 0. The van der Waals surface area contributed by atoms with Crippen molar-refractivity contribution in [2.75, 3.05) is 0 Å². The van der Waals surface area contributed by atoms with Crippen LogP contribution in [0.3, 0.4) is 0 Å². The van der Waals surface area contributed by atoms with Gasteiger partial charge >= 0.3 is 0 Å². The van der Waals surface area contributed by atoms with Gasteiger partial charge in [0.05, 0.1) is 0 Å². The monoisotopic (exact) mass is 158 g/mol. The molecule has 1 rings (SSSR count). The van der Waals surface area contributed by atoms with Crippen molar-refractivity contribution in [1.82, 2.24) is 0 Å². The average molecular weight is 158 g/mol. The highest BCUT2D eigenvalue weighted by Crippen LogP contribution is 2.31. The van der Waals surface area contributed by atoms with Crippen molar-refractivity contribution < 1.29 is 0 Å². The molecule has 2 atom stereocenters. The van der Waals surface area contributed by atoms with E-state index >= 15 is 0 Å². The summed E-state index contributed by atoms with van der Waals surface area (Å²) in [5.74, 6) is 2.10. The van der Waals surface area contributed by atoms with Crippen LogP contribution in [0.2, 0.25) is 0 Å². The lowest BCUT2D eigenvalue weighted by Gasteiger charge is -2.02. The van der Waals surface area contributed by atoms with Gasteiger partial charge in [-0.05, 0) is 18.3 Å². The van der Waals surface area contributed by atoms with Crippen LogP contribution < -0.4 is 0 Å². The van der Waals surface area contributed by atoms with E-state index in [0.717, 1.165) is 11.8 Å². The SMILES string of the molecule is C.CC.CCC1CCC(C)C1. The second kappa shape index (κ2) is 8.10. The molecule has 0 saturated heterocycles. The molecule has 0 heteroatoms. The standard InChI is InChI=1S/C8H16.C2H6.CH4/c1-3-8-5-4-7(2)6-8;1-2;/h7-8H,3-6H2,1-2H3;1-2H3;1H4. The largest absolute Gasteiger partial charge is 0.0776 e. The summed E-state index contributed by atoms with van der Waals surface area (Å²) >= 11 is 0. The highest BCUT2D eigenvalue weighted by atomic mass is 14.2. The molecule has 0 radical (unpaired) electrons. The van der Waals surface area contributed by atoms with Gasteiger partial charge < -0.3 is 0 Å². The smallest absolute Gasteiger partial charge is 0.0414 e. The van der Waals surface area contributed by atoms with Crippen molar-refractivity contribution in [1.29, 1.82) is 0 Å². The number of hydrogen-bond acceptors (Lipinski definition) is 0. The maximum absolute atomic E-state index is 2.37. The van der Waals surface area contributed by atoms with Crippen LogP contribution in [-0.2, 0) is 0 Å². The Morgan fingerprint density at radius 1 is 1.18 bits per heavy atom. The molecule has 0 nitrogen and oxygen atoms in total. The van der Waals surface area contributed by atoms with Gasteiger partial charge in [0.1, 0.15) is 0 Å². The first-order valence-corrected chi connectivity index (χ1v) is 4.83. The Kier molecular flexibility index (Phi) is 10.0. The van der Waals surface area contributed by atoms with Crippen LogP contribution in [0.15, 0.2) is 0 Å². The molecule has 11 heavy (non-hydrogen) atoms. The molecule has 0 aromatic heterocycles. The first kappa shape index (κ1) is 13.6. The molecule has 0 bridgehead atoms. The molecule has 70 valence electrons. The van der Waals surface area contributed by atoms with Gasteiger partial charge in [-0.3, -0.25) is 0 Å². The molecule has 2 unspecified atom stereocenters. The topological polar surface area (TPSA) is 0 Å². The van der Waals surface area contributed by atoms with E-state index in [0.29, 0.717) is 0 Å². The lowest BCUT2D eigenvalue weighted by atomic mass is 10.0. The number of hydrogen-bond donors (Lipinski definition) is 0. The maximum Gasteiger partial charge on any atom is -0.0414 e. The van der Waals surface area contributed by atoms with E-state index in [1.165, 1.54) is 25.7 Å². The quantitative estimate of drug-likeness (QED) is 0.527. The molecule has 0 aromatic carbocycles. The van der Waals surface area contributed by atoms with Gasteiger partial charge in [-0.1, -0.05) is 54.4 Å². The van der Waals surface area contributed by atoms with Gasteiger partial charge in [0.25, 0.3) is 0 Å². The lowest BCUT2D eigenvalue weighted by molar-refractivity contribution is 0.501. The van der Waals surface area contributed by atoms with Crippen LogP contribution in [0.4, 0.5) is 0 Å². The Morgan fingerprint density at radius 3 is 1.91 bits per heavy atom. The zero-order chi connectivity index (χ0) is 7.98. The van der Waals surface area contributed by atoms with Crippen molar-refractivity contribution in [2.45, 2.75) is 60.8 Å². The molecule has 0 aliphatic heterocycles. The average Bonchev–Trinajstić information content (AvgIpc) is 2.40. The molecule has 1 fully saturated rings. The Morgan fingerprint density at radius 2 is 1.73 bits per heavy atom. The van der Waals surface area contributed by atoms with Crippen LogP contribution in [0.25, 0.3) is 0 Å². The van der Waals surface area contributed by atoms with E-state index in [9.17, 15) is 0 Å². The molecular formula is C11H26. The fraction of sp³-hybridized carbons (Fsp3) is 1.00. The van der Waals surface area contributed by atoms with Crippen LogP contribution in [0.5, 0.6) is 0 Å². The minimum absolute atomic E-state index is 0. The summed E-state index contributed by atoms with van der Waals surface area (Å²) < 4.78 is 0. The van der Waals surface area contributed by atoms with Crippen LogP contribution >= 0.6 is 0 Å². The second-order valence-corrected chi connectivity index (χ2v) is 3.19. The fourth-order valence-electron chi connectivity index (χ4n) is 1.70. The molecule has 0 amide bonds. The summed E-state index contributed by atoms with van der Waals surface area (Å²) in [7, 11) is 0. The summed E-state index contributed by atoms with van der Waals surface area (Å²) in [5, 5.41) is 0. The zero-order valence-corrected chi connectivity index (χ0v) is 7.98. The van der Waals surface area contributed by atoms with Gasteiger partial charge in [0, 0.05) is 0 Å². The first-order valence-electron chi connectivity index (χ1n) is 4.83. The Labute approximate surface area is 73.4 Å². The molecule has 1 aliphatic carbocycles. The van der Waals surface area contributed by atoms with Crippen LogP contribution in [0.1, 0.15) is 60.8 Å². The van der Waals surface area contributed by atoms with E-state index in [2.05, 4.69) is 13.8 Å². The van der Waals surface area contributed by atoms with Crippen LogP contribution in [-0.4, -0.2) is 0 Å². The molecule has 1 aliphatic rings. The van der Waals surface area contributed by atoms with Gasteiger partial charge in [-0.15, -0.1) is 0 Å². The van der Waals surface area contributed by atoms with Crippen molar-refractivity contribution in [2.24, 2.45) is 11.8 Å². The van der Waals surface area contributed by atoms with Crippen molar-refractivity contribution in [3.63, 3.8) is 0 Å². The van der Waals surface area contributed by atoms with E-state index in [-0.39, 0.29) is 7.43 Å². The van der Waals surface area contributed by atoms with Gasteiger partial charge in [-0.2, -0.15) is 0 Å². The van der Waals surface area contributed by atoms with Crippen molar-refractivity contribution in [3.8, 4) is 0 Å². The third-order valence-electron chi connectivity index (χ3n) is 2.38. The van der Waals surface area contributed by atoms with Crippen LogP contribution in [0, 0.1) is 11.8 Å². The van der Waals surface area contributed by atoms with E-state index in [1.54, 1.807) is 0 Å². The third kappa shape index (κ3) is 5.29. The number of rotatable bonds is 1. The molecule has 1 saturated carbocycles. The minimum atomic E-state index is 0. The van der Waals surface area contributed by atoms with E-state index in [4.69, 9.17) is 0 Å². The summed E-state index contributed by atoms with van der Waals surface area (Å²) in [6, 6.07) is 0. The summed E-state index contributed by atoms with van der Waals surface area (Å²) in [6.45, 7) is 8.68. The molecule has 0 spiro atoms. The van der Waals surface area contributed by atoms with Gasteiger partial charge in [-0.25, -0.2) is 0 Å². The van der Waals surface area contributed by atoms with Gasteiger partial charge in [0.2, 0.25) is 0 Å². The summed E-state index contributed by atoms with van der Waals surface area (Å²) in [5.41, 5.74) is 0. The fourth-order valence-corrected chi connectivity index (χ4v) is 1.70. The highest BCUT2D eigenvalue weighted by molar-refractivity contribution is 4.70. The highest BCUT2D eigenvalue weighted by Gasteiger charge is 2.18. The molecule has 0 heterocycles. The predicted molar refractivity (Wildman–Crippen MR) is 54.9 cm³/mol. The second-order valence-electron chi connectivity index (χ2n) is 3.19. The first-order chi connectivity index (χ1) is 4.83. The lowest BCUT2D eigenvalue weighted by Crippen LogP contribution is -1.89. The molecule has 0 N–H and O–H groups in total. The van der Waals surface area contributed by atoms with Crippen molar-refractivity contribution in [3.05, 3.63) is 0 Å². The van der Waals surface area contributed by atoms with E-state index < -0.39 is 0 Å². The zero-order valence-electron chi connectivity index (χ0n) is 7.98. The minimum Gasteiger partial charge on any atom is -0.0776 e. The maximum atomic E-state index is 2.37. The Balaban J connectivity index is 0. The predicted octanol–water partition coefficient (Wildman–Crippen LogP) is 4.49. The summed E-state index contributed by atoms with van der Waals surface area (Å²) in [6.07, 6.45) is 5.89. The Bertz CT molecular complexity index is 66.4. The van der Waals surface area contributed by atoms with Gasteiger partial charge in [0.15, 0.2) is 0 Å². The Hall–Kier alpha value is 0. The third-order valence-corrected chi connectivity index (χ3v) is 2.38.